The molecule has 0 heterocycles. The summed E-state index contributed by atoms with van der Waals surface area (Å²) in [6, 6.07) is 17.8. The maximum Gasteiger partial charge on any atom is 0.276 e. The molecule has 6 nitrogen and oxygen atoms in total. The number of nitrogens with one attached hydrogen (secondary N) is 1. The molecule has 0 bridgehead atoms. The van der Waals surface area contributed by atoms with E-state index in [2.05, 4.69) is 9.93 Å². The molecule has 0 aliphatic heterocycles. The lowest BCUT2D eigenvalue weighted by atomic mass is 10.1. The normalized spacial score (nSPS) is 11.6. The molecule has 0 unspecified atom stereocenters. The van der Waals surface area contributed by atoms with Crippen molar-refractivity contribution in [2.45, 2.75) is 18.7 Å². The lowest BCUT2D eigenvalue weighted by Crippen LogP contribution is -2.18. The van der Waals surface area contributed by atoms with E-state index in [0.29, 0.717) is 30.3 Å². The first kappa shape index (κ1) is 19.7. The van der Waals surface area contributed by atoms with Crippen LogP contribution in [0.5, 0.6) is 11.5 Å². The van der Waals surface area contributed by atoms with E-state index < -0.39 is 10.0 Å². The molecule has 0 aliphatic carbocycles. The Labute approximate surface area is 164 Å². The van der Waals surface area contributed by atoms with Gasteiger partial charge in [0.1, 0.15) is 11.5 Å². The summed E-state index contributed by atoms with van der Waals surface area (Å²) in [6.45, 7) is 4.79. The van der Waals surface area contributed by atoms with E-state index in [9.17, 15) is 8.42 Å². The number of sulfonamides is 1. The summed E-state index contributed by atoms with van der Waals surface area (Å²) in [6.07, 6.45) is 1.42. The van der Waals surface area contributed by atoms with Crippen LogP contribution in [0, 0.1) is 0 Å². The predicted octanol–water partition coefficient (Wildman–Crippen LogP) is 3.95. The molecule has 0 spiro atoms. The first-order chi connectivity index (χ1) is 13.5. The van der Waals surface area contributed by atoms with Gasteiger partial charge in [0.25, 0.3) is 10.0 Å². The van der Waals surface area contributed by atoms with Crippen molar-refractivity contribution in [1.82, 2.24) is 4.83 Å². The van der Waals surface area contributed by atoms with E-state index in [4.69, 9.17) is 9.47 Å². The molecule has 0 saturated heterocycles. The van der Waals surface area contributed by atoms with Gasteiger partial charge in [-0.2, -0.15) is 13.5 Å². The second-order valence-corrected chi connectivity index (χ2v) is 7.59. The summed E-state index contributed by atoms with van der Waals surface area (Å²) >= 11 is 0. The summed E-state index contributed by atoms with van der Waals surface area (Å²) < 4.78 is 36.1. The van der Waals surface area contributed by atoms with Crippen molar-refractivity contribution in [2.75, 3.05) is 13.2 Å². The Morgan fingerprint density at radius 2 is 1.68 bits per heavy atom. The molecule has 3 aromatic rings. The average Bonchev–Trinajstić information content (AvgIpc) is 2.69. The topological polar surface area (TPSA) is 77.0 Å². The Kier molecular flexibility index (Phi) is 6.16. The molecule has 3 aromatic carbocycles. The predicted molar refractivity (Wildman–Crippen MR) is 111 cm³/mol. The Bertz CT molecular complexity index is 1090. The van der Waals surface area contributed by atoms with Gasteiger partial charge in [-0.1, -0.05) is 30.3 Å². The smallest absolute Gasteiger partial charge is 0.276 e. The van der Waals surface area contributed by atoms with Crippen LogP contribution < -0.4 is 14.3 Å². The average molecular weight is 398 g/mol. The molecule has 146 valence electrons. The summed E-state index contributed by atoms with van der Waals surface area (Å²) in [4.78, 5) is 2.41. The number of nitrogens with zero attached hydrogens (tertiary/aromatic N) is 1. The molecule has 7 heteroatoms. The van der Waals surface area contributed by atoms with E-state index in [1.807, 2.05) is 38.1 Å². The Morgan fingerprint density at radius 1 is 0.929 bits per heavy atom. The monoisotopic (exact) mass is 398 g/mol. The lowest BCUT2D eigenvalue weighted by Gasteiger charge is -2.10. The maximum atomic E-state index is 12.5. The largest absolute Gasteiger partial charge is 0.494 e. The van der Waals surface area contributed by atoms with E-state index in [1.165, 1.54) is 6.21 Å². The minimum Gasteiger partial charge on any atom is -0.494 e. The van der Waals surface area contributed by atoms with Gasteiger partial charge in [-0.25, -0.2) is 4.83 Å². The van der Waals surface area contributed by atoms with E-state index in [0.717, 1.165) is 10.8 Å². The van der Waals surface area contributed by atoms with Crippen molar-refractivity contribution in [1.29, 1.82) is 0 Å². The molecule has 0 aliphatic rings. The quantitative estimate of drug-likeness (QED) is 0.460. The van der Waals surface area contributed by atoms with Crippen molar-refractivity contribution in [3.63, 3.8) is 0 Å². The van der Waals surface area contributed by atoms with Crippen LogP contribution in [0.1, 0.15) is 19.4 Å². The minimum absolute atomic E-state index is 0.153. The van der Waals surface area contributed by atoms with Crippen molar-refractivity contribution in [3.05, 3.63) is 66.2 Å². The van der Waals surface area contributed by atoms with Gasteiger partial charge in [-0.3, -0.25) is 0 Å². The van der Waals surface area contributed by atoms with Crippen LogP contribution in [0.15, 0.2) is 70.7 Å². The molecule has 28 heavy (non-hydrogen) atoms. The summed E-state index contributed by atoms with van der Waals surface area (Å²) in [7, 11) is -3.78. The van der Waals surface area contributed by atoms with Gasteiger partial charge in [0.2, 0.25) is 0 Å². The second kappa shape index (κ2) is 8.75. The van der Waals surface area contributed by atoms with E-state index in [1.54, 1.807) is 36.4 Å². The van der Waals surface area contributed by atoms with Crippen molar-refractivity contribution < 1.29 is 17.9 Å². The summed E-state index contributed by atoms with van der Waals surface area (Å²) in [5.74, 6) is 1.25. The molecular weight excluding hydrogens is 376 g/mol. The van der Waals surface area contributed by atoms with Crippen LogP contribution >= 0.6 is 0 Å². The minimum atomic E-state index is -3.78. The van der Waals surface area contributed by atoms with Crippen molar-refractivity contribution in [3.8, 4) is 11.5 Å². The molecular formula is C21H22N2O4S. The molecule has 0 radical (unpaired) electrons. The molecule has 3 rings (SSSR count). The Morgan fingerprint density at radius 3 is 2.43 bits per heavy atom. The first-order valence-corrected chi connectivity index (χ1v) is 10.4. The highest BCUT2D eigenvalue weighted by Gasteiger charge is 2.13. The van der Waals surface area contributed by atoms with Gasteiger partial charge in [0.15, 0.2) is 0 Å². The highest BCUT2D eigenvalue weighted by molar-refractivity contribution is 7.89. The molecule has 0 saturated carbocycles. The molecule has 0 amide bonds. The summed E-state index contributed by atoms with van der Waals surface area (Å²) in [5, 5.41) is 5.72. The zero-order valence-electron chi connectivity index (χ0n) is 15.8. The molecule has 0 aromatic heterocycles. The maximum absolute atomic E-state index is 12.5. The first-order valence-electron chi connectivity index (χ1n) is 8.97. The molecule has 1 N–H and O–H groups in total. The molecule has 0 fully saturated rings. The van der Waals surface area contributed by atoms with Crippen LogP contribution in [0.3, 0.4) is 0 Å². The van der Waals surface area contributed by atoms with Crippen molar-refractivity contribution >= 4 is 27.0 Å². The van der Waals surface area contributed by atoms with Crippen molar-refractivity contribution in [2.24, 2.45) is 5.10 Å². The zero-order chi connectivity index (χ0) is 20.0. The fourth-order valence-electron chi connectivity index (χ4n) is 2.71. The summed E-state index contributed by atoms with van der Waals surface area (Å²) in [5.41, 5.74) is 0.645. The van der Waals surface area contributed by atoms with Crippen LogP contribution in [-0.4, -0.2) is 27.8 Å². The molecule has 0 atom stereocenters. The fourth-order valence-corrected chi connectivity index (χ4v) is 3.54. The Hall–Kier alpha value is -3.06. The third-order valence-corrected chi connectivity index (χ3v) is 5.22. The van der Waals surface area contributed by atoms with Gasteiger partial charge in [0.05, 0.1) is 24.3 Å². The lowest BCUT2D eigenvalue weighted by molar-refractivity contribution is 0.323. The van der Waals surface area contributed by atoms with Gasteiger partial charge < -0.3 is 9.47 Å². The SMILES string of the molecule is CCOc1ccc(/C=N/NS(=O)(=O)c2ccc3ccccc3c2)c(OCC)c1. The van der Waals surface area contributed by atoms with E-state index in [-0.39, 0.29) is 4.90 Å². The third-order valence-electron chi connectivity index (χ3n) is 4.00. The third kappa shape index (κ3) is 4.61. The number of fused-ring (bicyclic) bond motifs is 1. The highest BCUT2D eigenvalue weighted by atomic mass is 32.2. The van der Waals surface area contributed by atoms with Crippen LogP contribution in [0.25, 0.3) is 10.8 Å². The number of hydrazone groups is 1. The van der Waals surface area contributed by atoms with Gasteiger partial charge in [-0.15, -0.1) is 0 Å². The fraction of sp³-hybridized carbons (Fsp3) is 0.190. The van der Waals surface area contributed by atoms with E-state index >= 15 is 0 Å². The highest BCUT2D eigenvalue weighted by Crippen LogP contribution is 2.24. The zero-order valence-corrected chi connectivity index (χ0v) is 16.6. The van der Waals surface area contributed by atoms with Gasteiger partial charge >= 0.3 is 0 Å². The van der Waals surface area contributed by atoms with Crippen LogP contribution in [0.4, 0.5) is 0 Å². The number of benzene rings is 3. The number of ether oxygens (including phenoxy) is 2. The second-order valence-electron chi connectivity index (χ2n) is 5.93. The van der Waals surface area contributed by atoms with Crippen LogP contribution in [0.2, 0.25) is 0 Å². The van der Waals surface area contributed by atoms with Crippen LogP contribution in [-0.2, 0) is 10.0 Å². The Balaban J connectivity index is 1.80. The standard InChI is InChI=1S/C21H22N2O4S/c1-3-26-19-11-9-18(21(14-19)27-4-2)15-22-23-28(24,25)20-12-10-16-7-5-6-8-17(16)13-20/h5-15,23H,3-4H2,1-2H3/b22-15+. The number of rotatable bonds is 8. The number of hydrogen-bond acceptors (Lipinski definition) is 5. The van der Waals surface area contributed by atoms with Gasteiger partial charge in [0, 0.05) is 11.6 Å². The number of hydrogen-bond donors (Lipinski definition) is 1. The van der Waals surface area contributed by atoms with Gasteiger partial charge in [-0.05, 0) is 48.9 Å².